The lowest BCUT2D eigenvalue weighted by atomic mass is 9.92. The van der Waals surface area contributed by atoms with E-state index in [4.69, 9.17) is 14.2 Å². The summed E-state index contributed by atoms with van der Waals surface area (Å²) in [7, 11) is 4.80. The maximum absolute atomic E-state index is 13.6. The Hall–Kier alpha value is -4.11. The third-order valence-corrected chi connectivity index (χ3v) is 7.23. The summed E-state index contributed by atoms with van der Waals surface area (Å²) in [5, 5.41) is 3.43. The van der Waals surface area contributed by atoms with E-state index in [0.29, 0.717) is 22.3 Å². The average Bonchev–Trinajstić information content (AvgIpc) is 3.48. The van der Waals surface area contributed by atoms with E-state index >= 15 is 0 Å². The van der Waals surface area contributed by atoms with Crippen LogP contribution in [0, 0.1) is 5.92 Å². The number of ether oxygens (including phenoxy) is 3. The van der Waals surface area contributed by atoms with E-state index in [1.807, 2.05) is 54.6 Å². The molecule has 4 aromatic rings. The minimum atomic E-state index is -0.616. The van der Waals surface area contributed by atoms with Gasteiger partial charge in [0.2, 0.25) is 11.8 Å². The predicted octanol–water partition coefficient (Wildman–Crippen LogP) is 5.06. The number of anilines is 2. The summed E-state index contributed by atoms with van der Waals surface area (Å²) < 4.78 is 16.8. The molecule has 0 spiro atoms. The number of amides is 2. The van der Waals surface area contributed by atoms with Gasteiger partial charge in [-0.25, -0.2) is 4.98 Å². The van der Waals surface area contributed by atoms with Gasteiger partial charge in [0.1, 0.15) is 17.2 Å². The summed E-state index contributed by atoms with van der Waals surface area (Å²) in [6, 6.07) is 19.8. The van der Waals surface area contributed by atoms with Gasteiger partial charge in [-0.3, -0.25) is 9.59 Å². The molecule has 9 heteroatoms. The van der Waals surface area contributed by atoms with Crippen molar-refractivity contribution in [3.63, 3.8) is 0 Å². The molecule has 0 radical (unpaired) electrons. The first-order valence-electron chi connectivity index (χ1n) is 11.4. The molecule has 1 saturated heterocycles. The fraction of sp³-hybridized carbons (Fsp3) is 0.222. The van der Waals surface area contributed by atoms with E-state index in [1.165, 1.54) is 11.3 Å². The van der Waals surface area contributed by atoms with Gasteiger partial charge in [-0.05, 0) is 60.2 Å². The zero-order valence-electron chi connectivity index (χ0n) is 20.1. The number of carbonyl (C=O) groups excluding carboxylic acids is 2. The zero-order valence-corrected chi connectivity index (χ0v) is 20.9. The lowest BCUT2D eigenvalue weighted by Crippen LogP contribution is -2.32. The molecule has 8 nitrogen and oxygen atoms in total. The Labute approximate surface area is 212 Å². The third-order valence-electron chi connectivity index (χ3n) is 6.29. The highest BCUT2D eigenvalue weighted by molar-refractivity contribution is 7.22. The van der Waals surface area contributed by atoms with Gasteiger partial charge < -0.3 is 24.4 Å². The minimum absolute atomic E-state index is 0.0767. The first-order chi connectivity index (χ1) is 17.5. The number of benzene rings is 3. The van der Waals surface area contributed by atoms with E-state index in [1.54, 1.807) is 38.4 Å². The Morgan fingerprint density at radius 1 is 0.917 bits per heavy atom. The largest absolute Gasteiger partial charge is 0.497 e. The normalized spacial score (nSPS) is 17.3. The van der Waals surface area contributed by atoms with Gasteiger partial charge in [-0.2, -0.15) is 0 Å². The van der Waals surface area contributed by atoms with Crippen LogP contribution in [0.4, 0.5) is 10.8 Å². The number of fused-ring (bicyclic) bond motifs is 1. The summed E-state index contributed by atoms with van der Waals surface area (Å²) in [6.45, 7) is 0. The summed E-state index contributed by atoms with van der Waals surface area (Å²) in [5.41, 5.74) is 2.31. The molecule has 1 aliphatic heterocycles. The quantitative estimate of drug-likeness (QED) is 0.379. The molecule has 2 atom stereocenters. The van der Waals surface area contributed by atoms with Crippen LogP contribution in [0.2, 0.25) is 0 Å². The molecular weight excluding hydrogens is 478 g/mol. The van der Waals surface area contributed by atoms with Crippen molar-refractivity contribution in [1.29, 1.82) is 0 Å². The van der Waals surface area contributed by atoms with Crippen LogP contribution in [-0.2, 0) is 9.59 Å². The van der Waals surface area contributed by atoms with E-state index < -0.39 is 12.0 Å². The van der Waals surface area contributed by atoms with Gasteiger partial charge in [0, 0.05) is 12.1 Å². The zero-order chi connectivity index (χ0) is 25.2. The number of nitrogens with one attached hydrogen (secondary N) is 1. The second kappa shape index (κ2) is 9.87. The number of thiazole rings is 1. The monoisotopic (exact) mass is 503 g/mol. The van der Waals surface area contributed by atoms with Gasteiger partial charge in [-0.15, -0.1) is 0 Å². The Morgan fingerprint density at radius 3 is 2.17 bits per heavy atom. The highest BCUT2D eigenvalue weighted by Crippen LogP contribution is 2.43. The summed E-state index contributed by atoms with van der Waals surface area (Å²) in [6.07, 6.45) is 0.0767. The highest BCUT2D eigenvalue weighted by atomic mass is 32.1. The van der Waals surface area contributed by atoms with Gasteiger partial charge >= 0.3 is 0 Å². The number of aromatic nitrogens is 1. The maximum atomic E-state index is 13.6. The summed E-state index contributed by atoms with van der Waals surface area (Å²) >= 11 is 1.37. The first kappa shape index (κ1) is 23.6. The van der Waals surface area contributed by atoms with Crippen LogP contribution in [0.25, 0.3) is 10.2 Å². The number of rotatable bonds is 7. The van der Waals surface area contributed by atoms with Crippen molar-refractivity contribution in [3.8, 4) is 17.2 Å². The number of methoxy groups -OCH3 is 3. The van der Waals surface area contributed by atoms with E-state index in [-0.39, 0.29) is 18.2 Å². The fourth-order valence-corrected chi connectivity index (χ4v) is 5.38. The van der Waals surface area contributed by atoms with Gasteiger partial charge in [0.25, 0.3) is 0 Å². The van der Waals surface area contributed by atoms with Crippen molar-refractivity contribution in [3.05, 3.63) is 72.3 Å². The SMILES string of the molecule is COc1ccc(C2C(C(=O)Nc3nc4ccc(OC)cc4s3)CC(=O)N2c2ccc(OC)cc2)cc1. The smallest absolute Gasteiger partial charge is 0.232 e. The standard InChI is InChI=1S/C27H25N3O5S/c1-33-18-8-4-16(5-9-18)25-21(15-24(31)30(25)17-6-10-19(34-2)11-7-17)26(32)29-27-28-22-13-12-20(35-3)14-23(22)36-27/h4-14,21,25H,15H2,1-3H3,(H,28,29,32). The molecule has 3 aromatic carbocycles. The van der Waals surface area contributed by atoms with Gasteiger partial charge in [-0.1, -0.05) is 23.5 Å². The molecular formula is C27H25N3O5S. The molecule has 0 aliphatic carbocycles. The van der Waals surface area contributed by atoms with Crippen LogP contribution in [0.3, 0.4) is 0 Å². The van der Waals surface area contributed by atoms with Crippen LogP contribution in [0.15, 0.2) is 66.7 Å². The van der Waals surface area contributed by atoms with Gasteiger partial charge in [0.05, 0.1) is 43.5 Å². The lowest BCUT2D eigenvalue weighted by molar-refractivity contribution is -0.122. The van der Waals surface area contributed by atoms with Gasteiger partial charge in [0.15, 0.2) is 5.13 Å². The topological polar surface area (TPSA) is 90.0 Å². The van der Waals surface area contributed by atoms with Crippen molar-refractivity contribution in [2.45, 2.75) is 12.5 Å². The number of hydrogen-bond acceptors (Lipinski definition) is 7. The van der Waals surface area contributed by atoms with Crippen molar-refractivity contribution in [2.24, 2.45) is 5.92 Å². The maximum Gasteiger partial charge on any atom is 0.232 e. The molecule has 36 heavy (non-hydrogen) atoms. The van der Waals surface area contributed by atoms with Crippen LogP contribution >= 0.6 is 11.3 Å². The van der Waals surface area contributed by atoms with Crippen molar-refractivity contribution in [1.82, 2.24) is 4.98 Å². The number of nitrogens with zero attached hydrogens (tertiary/aromatic N) is 2. The molecule has 2 heterocycles. The Kier molecular flexibility index (Phi) is 6.47. The molecule has 0 bridgehead atoms. The third kappa shape index (κ3) is 4.45. The van der Waals surface area contributed by atoms with Crippen LogP contribution < -0.4 is 24.4 Å². The van der Waals surface area contributed by atoms with Crippen molar-refractivity contribution >= 4 is 44.2 Å². The van der Waals surface area contributed by atoms with E-state index in [9.17, 15) is 9.59 Å². The molecule has 184 valence electrons. The summed E-state index contributed by atoms with van der Waals surface area (Å²) in [4.78, 5) is 33.1. The van der Waals surface area contributed by atoms with Crippen molar-refractivity contribution in [2.75, 3.05) is 31.5 Å². The molecule has 5 rings (SSSR count). The van der Waals surface area contributed by atoms with E-state index in [2.05, 4.69) is 10.3 Å². The highest BCUT2D eigenvalue weighted by Gasteiger charge is 2.45. The molecule has 1 N–H and O–H groups in total. The van der Waals surface area contributed by atoms with Crippen LogP contribution in [0.1, 0.15) is 18.0 Å². The molecule has 1 aliphatic rings. The lowest BCUT2D eigenvalue weighted by Gasteiger charge is -2.28. The minimum Gasteiger partial charge on any atom is -0.497 e. The van der Waals surface area contributed by atoms with Crippen LogP contribution in [-0.4, -0.2) is 38.1 Å². The second-order valence-electron chi connectivity index (χ2n) is 8.33. The summed E-state index contributed by atoms with van der Waals surface area (Å²) in [5.74, 6) is 1.11. The molecule has 1 aromatic heterocycles. The molecule has 0 saturated carbocycles. The first-order valence-corrected chi connectivity index (χ1v) is 12.2. The molecule has 2 amide bonds. The Morgan fingerprint density at radius 2 is 1.53 bits per heavy atom. The van der Waals surface area contributed by atoms with Crippen LogP contribution in [0.5, 0.6) is 17.2 Å². The second-order valence-corrected chi connectivity index (χ2v) is 9.36. The van der Waals surface area contributed by atoms with E-state index in [0.717, 1.165) is 21.5 Å². The molecule has 2 unspecified atom stereocenters. The Bertz CT molecular complexity index is 1400. The Balaban J connectivity index is 1.48. The fourth-order valence-electron chi connectivity index (χ4n) is 4.48. The molecule has 1 fully saturated rings. The van der Waals surface area contributed by atoms with Crippen molar-refractivity contribution < 1.29 is 23.8 Å². The average molecular weight is 504 g/mol. The number of carbonyl (C=O) groups is 2. The number of hydrogen-bond donors (Lipinski definition) is 1. The predicted molar refractivity (Wildman–Crippen MR) is 139 cm³/mol.